The van der Waals surface area contributed by atoms with E-state index in [0.717, 1.165) is 44.1 Å². The van der Waals surface area contributed by atoms with Crippen LogP contribution < -0.4 is 11.5 Å². The number of hydrogen-bond donors (Lipinski definition) is 2. The van der Waals surface area contributed by atoms with Crippen LogP contribution in [0.1, 0.15) is 54.4 Å². The molecular formula is C16H22FN3O3S. The van der Waals surface area contributed by atoms with Crippen molar-refractivity contribution in [2.45, 2.75) is 43.4 Å². The average Bonchev–Trinajstić information content (AvgIpc) is 2.45. The molecule has 0 radical (unpaired) electrons. The normalized spacial score (nSPS) is 21.3. The predicted molar refractivity (Wildman–Crippen MR) is 90.0 cm³/mol. The molecule has 4 N–H and O–H groups in total. The predicted octanol–water partition coefficient (Wildman–Crippen LogP) is 1.94. The Labute approximate surface area is 141 Å². The number of benzene rings is 1. The van der Waals surface area contributed by atoms with Gasteiger partial charge in [-0.05, 0) is 42.4 Å². The Bertz CT molecular complexity index is 778. The van der Waals surface area contributed by atoms with Crippen LogP contribution in [0, 0.1) is 11.7 Å². The van der Waals surface area contributed by atoms with Crippen molar-refractivity contribution >= 4 is 21.7 Å². The van der Waals surface area contributed by atoms with E-state index >= 15 is 0 Å². The summed E-state index contributed by atoms with van der Waals surface area (Å²) in [6.45, 7) is 2.14. The van der Waals surface area contributed by atoms with Crippen LogP contribution in [0.25, 0.3) is 0 Å². The minimum Gasteiger partial charge on any atom is -0.370 e. The van der Waals surface area contributed by atoms with Gasteiger partial charge >= 0.3 is 0 Å². The lowest BCUT2D eigenvalue weighted by Crippen LogP contribution is -2.24. The van der Waals surface area contributed by atoms with E-state index in [4.69, 9.17) is 11.5 Å². The Kier molecular flexibility index (Phi) is 5.27. The van der Waals surface area contributed by atoms with Crippen LogP contribution in [-0.2, 0) is 9.84 Å². The molecule has 0 aliphatic heterocycles. The number of sulfone groups is 1. The lowest BCUT2D eigenvalue weighted by molar-refractivity contribution is 0.0998. The third-order valence-corrected chi connectivity index (χ3v) is 5.57. The van der Waals surface area contributed by atoms with Crippen molar-refractivity contribution in [1.82, 2.24) is 0 Å². The first-order valence-corrected chi connectivity index (χ1v) is 9.66. The standard InChI is InChI=1S/C16H22FN3O3S/c1-9-3-5-10(6-4-9)11-7-13(17)12(15(21)20-16(18)19)8-14(11)24(2,22)23/h7-10H,3-6H2,1-2H3,(H4,18,19,20,21). The molecule has 1 aliphatic carbocycles. The molecule has 1 aromatic rings. The molecule has 2 rings (SSSR count). The van der Waals surface area contributed by atoms with Crippen molar-refractivity contribution in [3.63, 3.8) is 0 Å². The molecule has 0 saturated heterocycles. The van der Waals surface area contributed by atoms with Crippen LogP contribution in [-0.4, -0.2) is 26.5 Å². The zero-order valence-electron chi connectivity index (χ0n) is 13.8. The highest BCUT2D eigenvalue weighted by atomic mass is 32.2. The fourth-order valence-electron chi connectivity index (χ4n) is 3.12. The summed E-state index contributed by atoms with van der Waals surface area (Å²) in [7, 11) is -3.63. The van der Waals surface area contributed by atoms with Crippen LogP contribution in [0.5, 0.6) is 0 Å². The van der Waals surface area contributed by atoms with Crippen LogP contribution in [0.2, 0.25) is 0 Å². The second-order valence-corrected chi connectivity index (χ2v) is 8.42. The number of amides is 1. The highest BCUT2D eigenvalue weighted by molar-refractivity contribution is 7.90. The van der Waals surface area contributed by atoms with Crippen molar-refractivity contribution < 1.29 is 17.6 Å². The number of carbonyl (C=O) groups is 1. The Hall–Kier alpha value is -1.96. The number of carbonyl (C=O) groups excluding carboxylic acids is 1. The van der Waals surface area contributed by atoms with Crippen molar-refractivity contribution in [1.29, 1.82) is 0 Å². The molecule has 0 aromatic heterocycles. The third kappa shape index (κ3) is 4.11. The van der Waals surface area contributed by atoms with Gasteiger partial charge in [0.05, 0.1) is 10.5 Å². The smallest absolute Gasteiger partial charge is 0.283 e. The van der Waals surface area contributed by atoms with Gasteiger partial charge in [-0.15, -0.1) is 0 Å². The summed E-state index contributed by atoms with van der Waals surface area (Å²) in [5.41, 5.74) is 10.2. The fraction of sp³-hybridized carbons (Fsp3) is 0.500. The molecule has 1 aliphatic rings. The van der Waals surface area contributed by atoms with Gasteiger partial charge in [-0.25, -0.2) is 12.8 Å². The number of nitrogens with zero attached hydrogens (tertiary/aromatic N) is 1. The Morgan fingerprint density at radius 3 is 2.29 bits per heavy atom. The van der Waals surface area contributed by atoms with E-state index in [1.165, 1.54) is 0 Å². The number of nitrogens with two attached hydrogens (primary N) is 2. The molecule has 1 aromatic carbocycles. The minimum absolute atomic E-state index is 0.0300. The van der Waals surface area contributed by atoms with Gasteiger partial charge in [0.1, 0.15) is 5.82 Å². The van der Waals surface area contributed by atoms with E-state index in [1.807, 2.05) is 0 Å². The topological polar surface area (TPSA) is 116 Å². The molecule has 0 atom stereocenters. The SMILES string of the molecule is CC1CCC(c2cc(F)c(C(=O)N=C(N)N)cc2S(C)(=O)=O)CC1. The second kappa shape index (κ2) is 6.88. The monoisotopic (exact) mass is 355 g/mol. The highest BCUT2D eigenvalue weighted by Gasteiger charge is 2.28. The lowest BCUT2D eigenvalue weighted by atomic mass is 9.79. The van der Waals surface area contributed by atoms with Gasteiger partial charge in [0.2, 0.25) is 0 Å². The first-order valence-electron chi connectivity index (χ1n) is 7.77. The minimum atomic E-state index is -3.63. The van der Waals surface area contributed by atoms with Crippen LogP contribution in [0.4, 0.5) is 4.39 Å². The lowest BCUT2D eigenvalue weighted by Gasteiger charge is -2.28. The maximum absolute atomic E-state index is 14.4. The number of aliphatic imine (C=N–C) groups is 1. The summed E-state index contributed by atoms with van der Waals surface area (Å²) < 4.78 is 38.7. The molecule has 132 valence electrons. The van der Waals surface area contributed by atoms with Crippen molar-refractivity contribution in [3.05, 3.63) is 29.1 Å². The summed E-state index contributed by atoms with van der Waals surface area (Å²) in [6, 6.07) is 2.19. The maximum Gasteiger partial charge on any atom is 0.283 e. The van der Waals surface area contributed by atoms with Gasteiger partial charge in [-0.3, -0.25) is 4.79 Å². The van der Waals surface area contributed by atoms with Crippen molar-refractivity contribution in [2.24, 2.45) is 22.4 Å². The van der Waals surface area contributed by atoms with E-state index in [0.29, 0.717) is 11.5 Å². The molecule has 1 amide bonds. The number of halogens is 1. The molecule has 24 heavy (non-hydrogen) atoms. The Morgan fingerprint density at radius 1 is 1.21 bits per heavy atom. The first kappa shape index (κ1) is 18.4. The number of hydrogen-bond acceptors (Lipinski definition) is 3. The van der Waals surface area contributed by atoms with Crippen LogP contribution in [0.15, 0.2) is 22.0 Å². The molecule has 0 unspecified atom stereocenters. The van der Waals surface area contributed by atoms with Gasteiger partial charge in [-0.2, -0.15) is 4.99 Å². The first-order chi connectivity index (χ1) is 11.1. The Morgan fingerprint density at radius 2 is 1.79 bits per heavy atom. The largest absolute Gasteiger partial charge is 0.370 e. The molecule has 0 heterocycles. The number of guanidine groups is 1. The van der Waals surface area contributed by atoms with Gasteiger partial charge in [-0.1, -0.05) is 19.8 Å². The van der Waals surface area contributed by atoms with E-state index in [-0.39, 0.29) is 10.8 Å². The molecule has 1 fully saturated rings. The van der Waals surface area contributed by atoms with Crippen LogP contribution in [0.3, 0.4) is 0 Å². The van der Waals surface area contributed by atoms with Gasteiger partial charge in [0, 0.05) is 6.26 Å². The van der Waals surface area contributed by atoms with Gasteiger partial charge < -0.3 is 11.5 Å². The van der Waals surface area contributed by atoms with Gasteiger partial charge in [0.15, 0.2) is 15.8 Å². The molecular weight excluding hydrogens is 333 g/mol. The molecule has 8 heteroatoms. The van der Waals surface area contributed by atoms with E-state index in [9.17, 15) is 17.6 Å². The van der Waals surface area contributed by atoms with E-state index in [2.05, 4.69) is 11.9 Å². The van der Waals surface area contributed by atoms with Crippen LogP contribution >= 0.6 is 0 Å². The summed E-state index contributed by atoms with van der Waals surface area (Å²) in [6.07, 6.45) is 4.56. The number of rotatable bonds is 3. The zero-order valence-corrected chi connectivity index (χ0v) is 14.6. The molecule has 0 spiro atoms. The summed E-state index contributed by atoms with van der Waals surface area (Å²) in [4.78, 5) is 15.2. The third-order valence-electron chi connectivity index (χ3n) is 4.42. The molecule has 0 bridgehead atoms. The molecule has 6 nitrogen and oxygen atoms in total. The highest BCUT2D eigenvalue weighted by Crippen LogP contribution is 2.39. The fourth-order valence-corrected chi connectivity index (χ4v) is 4.11. The van der Waals surface area contributed by atoms with Gasteiger partial charge in [0.25, 0.3) is 5.91 Å². The summed E-state index contributed by atoms with van der Waals surface area (Å²) >= 11 is 0. The second-order valence-electron chi connectivity index (χ2n) is 6.44. The summed E-state index contributed by atoms with van der Waals surface area (Å²) in [5, 5.41) is 0. The Balaban J connectivity index is 2.54. The summed E-state index contributed by atoms with van der Waals surface area (Å²) in [5.74, 6) is -1.78. The quantitative estimate of drug-likeness (QED) is 0.488. The van der Waals surface area contributed by atoms with Crippen molar-refractivity contribution in [2.75, 3.05) is 6.26 Å². The zero-order chi connectivity index (χ0) is 18.1. The molecule has 1 saturated carbocycles. The van der Waals surface area contributed by atoms with E-state index in [1.54, 1.807) is 0 Å². The van der Waals surface area contributed by atoms with E-state index < -0.39 is 33.1 Å². The van der Waals surface area contributed by atoms with Crippen molar-refractivity contribution in [3.8, 4) is 0 Å². The maximum atomic E-state index is 14.4. The average molecular weight is 355 g/mol.